The Morgan fingerprint density at radius 1 is 1.34 bits per heavy atom. The zero-order valence-electron chi connectivity index (χ0n) is 17.0. The van der Waals surface area contributed by atoms with Crippen molar-refractivity contribution >= 4 is 39.3 Å². The number of thioether (sulfide) groups is 1. The van der Waals surface area contributed by atoms with Crippen molar-refractivity contribution in [2.24, 2.45) is 0 Å². The van der Waals surface area contributed by atoms with Gasteiger partial charge in [0.2, 0.25) is 0 Å². The van der Waals surface area contributed by atoms with Crippen LogP contribution in [0.25, 0.3) is 21.3 Å². The van der Waals surface area contributed by atoms with Crippen LogP contribution in [0.1, 0.15) is 26.3 Å². The van der Waals surface area contributed by atoms with E-state index in [4.69, 9.17) is 9.72 Å². The summed E-state index contributed by atoms with van der Waals surface area (Å²) in [6.45, 7) is 11.7. The molecule has 0 amide bonds. The molecule has 0 aliphatic heterocycles. The normalized spacial score (nSPS) is 11.6. The number of aromatic nitrogens is 2. The Kier molecular flexibility index (Phi) is 6.29. The first-order valence-electron chi connectivity index (χ1n) is 9.34. The SMILES string of the molecule is C=CCn1c(SC(C)(C)C(=O)OCC)nc2scc(-c3ccc(C)cc3)c2c1=O. The Hall–Kier alpha value is -2.38. The predicted octanol–water partition coefficient (Wildman–Crippen LogP) is 5.05. The van der Waals surface area contributed by atoms with E-state index in [1.54, 1.807) is 31.4 Å². The molecule has 0 spiro atoms. The lowest BCUT2D eigenvalue weighted by atomic mass is 10.1. The number of allylic oxidation sites excluding steroid dienone is 1. The lowest BCUT2D eigenvalue weighted by Crippen LogP contribution is -2.32. The highest BCUT2D eigenvalue weighted by Gasteiger charge is 2.33. The maximum Gasteiger partial charge on any atom is 0.322 e. The van der Waals surface area contributed by atoms with Gasteiger partial charge in [-0.2, -0.15) is 0 Å². The molecule has 0 fully saturated rings. The third-order valence-electron chi connectivity index (χ3n) is 4.45. The molecule has 2 heterocycles. The molecule has 7 heteroatoms. The number of esters is 1. The number of thiophene rings is 1. The summed E-state index contributed by atoms with van der Waals surface area (Å²) in [4.78, 5) is 31.1. The fourth-order valence-corrected chi connectivity index (χ4v) is 4.89. The molecule has 0 aliphatic carbocycles. The topological polar surface area (TPSA) is 61.2 Å². The highest BCUT2D eigenvalue weighted by molar-refractivity contribution is 8.01. The molecular weight excluding hydrogens is 404 g/mol. The van der Waals surface area contributed by atoms with E-state index >= 15 is 0 Å². The number of hydrogen-bond acceptors (Lipinski definition) is 6. The van der Waals surface area contributed by atoms with E-state index in [1.807, 2.05) is 36.6 Å². The molecule has 0 N–H and O–H groups in total. The minimum absolute atomic E-state index is 0.131. The summed E-state index contributed by atoms with van der Waals surface area (Å²) in [7, 11) is 0. The first-order valence-corrected chi connectivity index (χ1v) is 11.0. The van der Waals surface area contributed by atoms with Crippen LogP contribution in [0.5, 0.6) is 0 Å². The van der Waals surface area contributed by atoms with E-state index in [1.165, 1.54) is 23.1 Å². The van der Waals surface area contributed by atoms with Gasteiger partial charge in [0.05, 0.1) is 12.0 Å². The van der Waals surface area contributed by atoms with Gasteiger partial charge in [-0.05, 0) is 33.3 Å². The van der Waals surface area contributed by atoms with E-state index in [0.717, 1.165) is 16.7 Å². The number of benzene rings is 1. The average Bonchev–Trinajstić information content (AvgIpc) is 3.09. The van der Waals surface area contributed by atoms with Crippen molar-refractivity contribution in [3.8, 4) is 11.1 Å². The monoisotopic (exact) mass is 428 g/mol. The van der Waals surface area contributed by atoms with Crippen molar-refractivity contribution in [2.75, 3.05) is 6.61 Å². The van der Waals surface area contributed by atoms with Crippen LogP contribution in [0, 0.1) is 6.92 Å². The second-order valence-electron chi connectivity index (χ2n) is 7.13. The summed E-state index contributed by atoms with van der Waals surface area (Å²) in [5.41, 5.74) is 2.89. The Bertz CT molecular complexity index is 1110. The van der Waals surface area contributed by atoms with Gasteiger partial charge in [0.25, 0.3) is 5.56 Å². The minimum Gasteiger partial charge on any atom is -0.465 e. The number of fused-ring (bicyclic) bond motifs is 1. The van der Waals surface area contributed by atoms with Gasteiger partial charge in [-0.1, -0.05) is 47.7 Å². The van der Waals surface area contributed by atoms with Gasteiger partial charge >= 0.3 is 5.97 Å². The van der Waals surface area contributed by atoms with E-state index in [9.17, 15) is 9.59 Å². The maximum absolute atomic E-state index is 13.4. The Balaban J connectivity index is 2.15. The van der Waals surface area contributed by atoms with Crippen LogP contribution >= 0.6 is 23.1 Å². The number of carbonyl (C=O) groups is 1. The van der Waals surface area contributed by atoms with Crippen molar-refractivity contribution in [2.45, 2.75) is 44.1 Å². The van der Waals surface area contributed by atoms with Crippen LogP contribution in [0.3, 0.4) is 0 Å². The van der Waals surface area contributed by atoms with Crippen molar-refractivity contribution in [1.82, 2.24) is 9.55 Å². The van der Waals surface area contributed by atoms with Gasteiger partial charge < -0.3 is 4.74 Å². The smallest absolute Gasteiger partial charge is 0.322 e. The molecule has 0 saturated heterocycles. The fraction of sp³-hybridized carbons (Fsp3) is 0.318. The number of carbonyl (C=O) groups excluding carboxylic acids is 1. The van der Waals surface area contributed by atoms with Crippen molar-refractivity contribution < 1.29 is 9.53 Å². The van der Waals surface area contributed by atoms with Gasteiger partial charge in [-0.3, -0.25) is 14.2 Å². The summed E-state index contributed by atoms with van der Waals surface area (Å²) in [5.74, 6) is -0.337. The van der Waals surface area contributed by atoms with Crippen LogP contribution in [0.2, 0.25) is 0 Å². The molecule has 1 aromatic carbocycles. The summed E-state index contributed by atoms with van der Waals surface area (Å²) in [5, 5.41) is 3.05. The maximum atomic E-state index is 13.4. The lowest BCUT2D eigenvalue weighted by Gasteiger charge is -2.22. The van der Waals surface area contributed by atoms with E-state index in [2.05, 4.69) is 6.58 Å². The van der Waals surface area contributed by atoms with Crippen LogP contribution in [0.4, 0.5) is 0 Å². The van der Waals surface area contributed by atoms with Crippen LogP contribution < -0.4 is 5.56 Å². The number of ether oxygens (including phenoxy) is 1. The quantitative estimate of drug-likeness (QED) is 0.228. The van der Waals surface area contributed by atoms with E-state index in [-0.39, 0.29) is 11.5 Å². The summed E-state index contributed by atoms with van der Waals surface area (Å²) in [6, 6.07) is 8.09. The molecule has 0 saturated carbocycles. The van der Waals surface area contributed by atoms with Gasteiger partial charge in [0.1, 0.15) is 9.58 Å². The first kappa shape index (κ1) is 21.3. The number of aryl methyl sites for hydroxylation is 1. The van der Waals surface area contributed by atoms with Gasteiger partial charge in [-0.15, -0.1) is 17.9 Å². The molecule has 0 atom stereocenters. The number of hydrogen-bond donors (Lipinski definition) is 0. The van der Waals surface area contributed by atoms with E-state index < -0.39 is 4.75 Å². The molecule has 0 unspecified atom stereocenters. The molecule has 0 bridgehead atoms. The van der Waals surface area contributed by atoms with Gasteiger partial charge in [0.15, 0.2) is 5.16 Å². The van der Waals surface area contributed by atoms with Crippen molar-refractivity contribution in [3.05, 3.63) is 58.2 Å². The Labute approximate surface area is 178 Å². The molecular formula is C22H24N2O3S2. The van der Waals surface area contributed by atoms with Gasteiger partial charge in [-0.25, -0.2) is 4.98 Å². The Morgan fingerprint density at radius 3 is 2.66 bits per heavy atom. The standard InChI is InChI=1S/C22H24N2O3S2/c1-6-12-24-19(25)17-16(15-10-8-14(3)9-11-15)13-28-18(17)23-21(24)29-22(4,5)20(26)27-7-2/h6,8-11,13H,1,7,12H2,2-5H3. The third kappa shape index (κ3) is 4.31. The van der Waals surface area contributed by atoms with Crippen LogP contribution in [-0.4, -0.2) is 26.9 Å². The molecule has 29 heavy (non-hydrogen) atoms. The Morgan fingerprint density at radius 2 is 2.03 bits per heavy atom. The molecule has 5 nitrogen and oxygen atoms in total. The predicted molar refractivity (Wildman–Crippen MR) is 121 cm³/mol. The van der Waals surface area contributed by atoms with Gasteiger partial charge in [0, 0.05) is 17.5 Å². The highest BCUT2D eigenvalue weighted by Crippen LogP contribution is 2.36. The zero-order valence-corrected chi connectivity index (χ0v) is 18.7. The molecule has 0 aliphatic rings. The largest absolute Gasteiger partial charge is 0.465 e. The lowest BCUT2D eigenvalue weighted by molar-refractivity contribution is -0.145. The van der Waals surface area contributed by atoms with E-state index in [0.29, 0.717) is 28.5 Å². The minimum atomic E-state index is -0.872. The highest BCUT2D eigenvalue weighted by atomic mass is 32.2. The summed E-state index contributed by atoms with van der Waals surface area (Å²) in [6.07, 6.45) is 1.66. The number of nitrogens with zero attached hydrogens (tertiary/aromatic N) is 2. The molecule has 3 rings (SSSR count). The van der Waals surface area contributed by atoms with Crippen LogP contribution in [0.15, 0.2) is 52.3 Å². The first-order chi connectivity index (χ1) is 13.8. The molecule has 3 aromatic rings. The zero-order chi connectivity index (χ0) is 21.2. The summed E-state index contributed by atoms with van der Waals surface area (Å²) >= 11 is 2.67. The molecule has 2 aromatic heterocycles. The summed E-state index contributed by atoms with van der Waals surface area (Å²) < 4.78 is 5.88. The van der Waals surface area contributed by atoms with Crippen molar-refractivity contribution in [1.29, 1.82) is 0 Å². The second kappa shape index (κ2) is 8.55. The molecule has 0 radical (unpaired) electrons. The number of rotatable bonds is 7. The molecule has 152 valence electrons. The average molecular weight is 429 g/mol. The second-order valence-corrected chi connectivity index (χ2v) is 9.58. The fourth-order valence-electron chi connectivity index (χ4n) is 2.89. The van der Waals surface area contributed by atoms with Crippen molar-refractivity contribution in [3.63, 3.8) is 0 Å². The third-order valence-corrected chi connectivity index (χ3v) is 6.49. The van der Waals surface area contributed by atoms with Crippen LogP contribution in [-0.2, 0) is 16.1 Å².